The second kappa shape index (κ2) is 39.9. The van der Waals surface area contributed by atoms with Crippen LogP contribution >= 0.6 is 7.82 Å². The third-order valence-electron chi connectivity index (χ3n) is 10.3. The van der Waals surface area contributed by atoms with Gasteiger partial charge in [0, 0.05) is 6.42 Å². The fourth-order valence-corrected chi connectivity index (χ4v) is 7.22. The number of rotatable bonds is 42. The minimum Gasteiger partial charge on any atom is -0.387 e. The number of amides is 1. The number of aliphatic hydroxyl groups excluding tert-OH is 1. The van der Waals surface area contributed by atoms with Crippen LogP contribution in [0.4, 0.5) is 0 Å². The van der Waals surface area contributed by atoms with E-state index >= 15 is 0 Å². The van der Waals surface area contributed by atoms with Gasteiger partial charge in [-0.3, -0.25) is 13.8 Å². The molecule has 3 atom stereocenters. The van der Waals surface area contributed by atoms with Crippen molar-refractivity contribution in [3.8, 4) is 0 Å². The average Bonchev–Trinajstić information content (AvgIpc) is 3.16. The van der Waals surface area contributed by atoms with Crippen molar-refractivity contribution in [3.63, 3.8) is 0 Å². The summed E-state index contributed by atoms with van der Waals surface area (Å²) in [6.07, 6.45) is 50.5. The molecule has 0 spiro atoms. The van der Waals surface area contributed by atoms with Crippen molar-refractivity contribution in [2.75, 3.05) is 40.9 Å². The molecule has 0 aromatic carbocycles. The summed E-state index contributed by atoms with van der Waals surface area (Å²) in [5.41, 5.74) is 0. The molecule has 0 radical (unpaired) electrons. The lowest BCUT2D eigenvalue weighted by Gasteiger charge is -2.25. The third-order valence-corrected chi connectivity index (χ3v) is 11.3. The molecule has 0 aliphatic heterocycles. The van der Waals surface area contributed by atoms with E-state index in [0.29, 0.717) is 17.4 Å². The van der Waals surface area contributed by atoms with Gasteiger partial charge in [0.1, 0.15) is 13.2 Å². The van der Waals surface area contributed by atoms with E-state index in [1.54, 1.807) is 6.08 Å². The molecule has 8 nitrogen and oxygen atoms in total. The summed E-state index contributed by atoms with van der Waals surface area (Å²) >= 11 is 0. The van der Waals surface area contributed by atoms with Crippen molar-refractivity contribution in [3.05, 3.63) is 48.6 Å². The van der Waals surface area contributed by atoms with Crippen LogP contribution in [-0.4, -0.2) is 73.4 Å². The summed E-state index contributed by atoms with van der Waals surface area (Å²) in [4.78, 5) is 23.1. The Kier molecular flexibility index (Phi) is 38.8. The summed E-state index contributed by atoms with van der Waals surface area (Å²) in [6.45, 7) is 4.74. The lowest BCUT2D eigenvalue weighted by Crippen LogP contribution is -2.45. The first-order valence-corrected chi connectivity index (χ1v) is 25.0. The van der Waals surface area contributed by atoms with Gasteiger partial charge in [0.05, 0.1) is 39.9 Å². The van der Waals surface area contributed by atoms with Gasteiger partial charge in [-0.2, -0.15) is 0 Å². The second-order valence-corrected chi connectivity index (χ2v) is 18.6. The quantitative estimate of drug-likeness (QED) is 0.0245. The van der Waals surface area contributed by atoms with E-state index in [1.807, 2.05) is 27.2 Å². The Balaban J connectivity index is 4.43. The van der Waals surface area contributed by atoms with Gasteiger partial charge >= 0.3 is 7.82 Å². The first-order valence-electron chi connectivity index (χ1n) is 23.5. The number of carbonyl (C=O) groups excluding carboxylic acids is 1. The van der Waals surface area contributed by atoms with Gasteiger partial charge in [-0.05, 0) is 57.8 Å². The third kappa shape index (κ3) is 42.4. The molecule has 0 saturated carbocycles. The van der Waals surface area contributed by atoms with E-state index in [9.17, 15) is 19.4 Å². The van der Waals surface area contributed by atoms with Crippen LogP contribution < -0.4 is 5.32 Å². The summed E-state index contributed by atoms with van der Waals surface area (Å²) in [7, 11) is 1.54. The van der Waals surface area contributed by atoms with Crippen LogP contribution in [0.15, 0.2) is 48.6 Å². The molecule has 0 saturated heterocycles. The summed E-state index contributed by atoms with van der Waals surface area (Å²) in [5.74, 6) is -0.202. The highest BCUT2D eigenvalue weighted by molar-refractivity contribution is 7.47. The fourth-order valence-electron chi connectivity index (χ4n) is 6.48. The van der Waals surface area contributed by atoms with Crippen LogP contribution in [0.25, 0.3) is 0 Å². The minimum atomic E-state index is -4.35. The number of allylic oxidation sites excluding steroid dienone is 7. The van der Waals surface area contributed by atoms with Gasteiger partial charge in [-0.1, -0.05) is 184 Å². The maximum atomic E-state index is 12.9. The number of nitrogens with zero attached hydrogens (tertiary/aromatic N) is 1. The topological polar surface area (TPSA) is 105 Å². The molecule has 57 heavy (non-hydrogen) atoms. The summed E-state index contributed by atoms with van der Waals surface area (Å²) in [5, 5.41) is 13.8. The normalized spacial score (nSPS) is 14.7. The maximum Gasteiger partial charge on any atom is 0.472 e. The van der Waals surface area contributed by atoms with Crippen LogP contribution in [0, 0.1) is 0 Å². The van der Waals surface area contributed by atoms with E-state index in [0.717, 1.165) is 64.2 Å². The minimum absolute atomic E-state index is 0.0521. The molecule has 1 amide bonds. The lowest BCUT2D eigenvalue weighted by atomic mass is 10.0. The molecule has 3 N–H and O–H groups in total. The molecular weight excluding hydrogens is 732 g/mol. The maximum absolute atomic E-state index is 12.9. The number of likely N-dealkylation sites (N-methyl/N-ethyl adjacent to an activating group) is 1. The zero-order valence-electron chi connectivity index (χ0n) is 37.8. The van der Waals surface area contributed by atoms with E-state index in [-0.39, 0.29) is 19.1 Å². The van der Waals surface area contributed by atoms with Gasteiger partial charge in [0.25, 0.3) is 0 Å². The molecular formula is C48H92N2O6P+. The van der Waals surface area contributed by atoms with Crippen molar-refractivity contribution in [1.82, 2.24) is 5.32 Å². The number of phosphoric ester groups is 1. The Morgan fingerprint density at radius 1 is 0.596 bits per heavy atom. The average molecular weight is 824 g/mol. The first kappa shape index (κ1) is 55.5. The molecule has 0 rings (SSSR count). The Morgan fingerprint density at radius 2 is 1.04 bits per heavy atom. The number of carbonyl (C=O) groups is 1. The Labute approximate surface area is 352 Å². The number of aliphatic hydroxyl groups is 1. The van der Waals surface area contributed by atoms with Crippen LogP contribution in [0.1, 0.15) is 200 Å². The highest BCUT2D eigenvalue weighted by Crippen LogP contribution is 2.43. The van der Waals surface area contributed by atoms with Crippen molar-refractivity contribution < 1.29 is 32.9 Å². The molecule has 3 unspecified atom stereocenters. The standard InChI is InChI=1S/C48H91N2O6P/c1-6-8-10-12-14-16-18-20-22-23-24-25-26-27-28-29-31-33-35-37-39-41-47(51)46(45-56-57(53,54)55-44-43-50(3,4)5)49-48(52)42-40-38-36-34-32-30-21-19-17-15-13-11-9-7-2/h13,15,19,21,31,33,39,41,46-47,51H,6-12,14,16-18,20,22-30,32,34-38,40,42-45H2,1-5H3,(H-,49,52,53,54)/p+1/b15-13-,21-19-,33-31+,41-39+. The SMILES string of the molecule is CCCC/C=C\C/C=C\CCCCCCCC(=O)NC(COP(=O)(O)OCC[N+](C)(C)C)C(O)/C=C/CC/C=C/CCCCCCCCCCCCCCCCC. The number of phosphoric acid groups is 1. The number of nitrogens with one attached hydrogen (secondary N) is 1. The van der Waals surface area contributed by atoms with Crippen molar-refractivity contribution in [2.24, 2.45) is 0 Å². The predicted octanol–water partition coefficient (Wildman–Crippen LogP) is 13.2. The molecule has 0 aromatic rings. The number of quaternary nitrogens is 1. The second-order valence-electron chi connectivity index (χ2n) is 17.1. The molecule has 0 heterocycles. The molecule has 0 aliphatic rings. The van der Waals surface area contributed by atoms with Gasteiger partial charge in [0.15, 0.2) is 0 Å². The molecule has 0 aliphatic carbocycles. The van der Waals surface area contributed by atoms with Crippen LogP contribution in [0.3, 0.4) is 0 Å². The molecule has 0 fully saturated rings. The van der Waals surface area contributed by atoms with Gasteiger partial charge in [-0.25, -0.2) is 4.57 Å². The Bertz CT molecular complexity index is 1070. The number of unbranched alkanes of at least 4 members (excludes halogenated alkanes) is 23. The first-order chi connectivity index (χ1) is 27.5. The van der Waals surface area contributed by atoms with E-state index in [2.05, 4.69) is 55.6 Å². The largest absolute Gasteiger partial charge is 0.472 e. The number of hydrogen-bond acceptors (Lipinski definition) is 5. The molecule has 0 bridgehead atoms. The van der Waals surface area contributed by atoms with Crippen molar-refractivity contribution in [2.45, 2.75) is 212 Å². The Hall–Kier alpha value is -1.54. The monoisotopic (exact) mass is 824 g/mol. The highest BCUT2D eigenvalue weighted by Gasteiger charge is 2.27. The van der Waals surface area contributed by atoms with Crippen LogP contribution in [0.2, 0.25) is 0 Å². The smallest absolute Gasteiger partial charge is 0.387 e. The van der Waals surface area contributed by atoms with E-state index < -0.39 is 20.0 Å². The van der Waals surface area contributed by atoms with E-state index in [1.165, 1.54) is 116 Å². The lowest BCUT2D eigenvalue weighted by molar-refractivity contribution is -0.870. The van der Waals surface area contributed by atoms with E-state index in [4.69, 9.17) is 9.05 Å². The zero-order chi connectivity index (χ0) is 42.1. The van der Waals surface area contributed by atoms with Gasteiger partial charge in [0.2, 0.25) is 5.91 Å². The number of hydrogen-bond donors (Lipinski definition) is 3. The van der Waals surface area contributed by atoms with Crippen LogP contribution in [0.5, 0.6) is 0 Å². The molecule has 9 heteroatoms. The van der Waals surface area contributed by atoms with Crippen LogP contribution in [-0.2, 0) is 18.4 Å². The van der Waals surface area contributed by atoms with Gasteiger partial charge in [-0.15, -0.1) is 0 Å². The van der Waals surface area contributed by atoms with Crippen molar-refractivity contribution >= 4 is 13.7 Å². The molecule has 0 aromatic heterocycles. The Morgan fingerprint density at radius 3 is 1.56 bits per heavy atom. The summed E-state index contributed by atoms with van der Waals surface area (Å²) in [6, 6.07) is -0.870. The predicted molar refractivity (Wildman–Crippen MR) is 244 cm³/mol. The fraction of sp³-hybridized carbons (Fsp3) is 0.812. The van der Waals surface area contributed by atoms with Gasteiger partial charge < -0.3 is 19.8 Å². The zero-order valence-corrected chi connectivity index (χ0v) is 38.7. The van der Waals surface area contributed by atoms with Crippen molar-refractivity contribution in [1.29, 1.82) is 0 Å². The summed E-state index contributed by atoms with van der Waals surface area (Å²) < 4.78 is 23.5. The molecule has 334 valence electrons. The highest BCUT2D eigenvalue weighted by atomic mass is 31.2.